The summed E-state index contributed by atoms with van der Waals surface area (Å²) in [4.78, 5) is 2.14. The molecule has 2 aromatic rings. The van der Waals surface area contributed by atoms with Gasteiger partial charge in [-0.2, -0.15) is 0 Å². The Bertz CT molecular complexity index is 515. The molecule has 0 saturated heterocycles. The summed E-state index contributed by atoms with van der Waals surface area (Å²) in [5.41, 5.74) is 6.76. The molecule has 3 N–H and O–H groups in total. The molecule has 0 radical (unpaired) electrons. The van der Waals surface area contributed by atoms with Gasteiger partial charge in [-0.05, 0) is 24.6 Å². The lowest BCUT2D eigenvalue weighted by atomic mass is 9.93. The maximum atomic E-state index is 10.9. The van der Waals surface area contributed by atoms with E-state index in [1.807, 2.05) is 60.7 Å². The van der Waals surface area contributed by atoms with Crippen molar-refractivity contribution in [2.24, 2.45) is 5.73 Å². The minimum absolute atomic E-state index is 0.195. The average molecular weight is 270 g/mol. The molecule has 1 atom stereocenters. The molecule has 0 aliphatic rings. The molecule has 3 heteroatoms. The molecular formula is C17H22N2O. The van der Waals surface area contributed by atoms with E-state index in [1.165, 1.54) is 0 Å². The van der Waals surface area contributed by atoms with Gasteiger partial charge in [0.2, 0.25) is 0 Å². The predicted octanol–water partition coefficient (Wildman–Crippen LogP) is 2.36. The molecule has 0 bridgehead atoms. The summed E-state index contributed by atoms with van der Waals surface area (Å²) < 4.78 is 0. The van der Waals surface area contributed by atoms with E-state index in [9.17, 15) is 5.11 Å². The van der Waals surface area contributed by atoms with Crippen LogP contribution in [0.25, 0.3) is 0 Å². The van der Waals surface area contributed by atoms with Crippen molar-refractivity contribution < 1.29 is 5.11 Å². The van der Waals surface area contributed by atoms with E-state index in [1.54, 1.807) is 0 Å². The highest BCUT2D eigenvalue weighted by atomic mass is 16.3. The first-order valence-corrected chi connectivity index (χ1v) is 6.97. The van der Waals surface area contributed by atoms with Crippen LogP contribution in [-0.2, 0) is 5.60 Å². The third-order valence-electron chi connectivity index (χ3n) is 3.60. The summed E-state index contributed by atoms with van der Waals surface area (Å²) in [6, 6.07) is 19.7. The summed E-state index contributed by atoms with van der Waals surface area (Å²) >= 11 is 0. The fourth-order valence-electron chi connectivity index (χ4n) is 2.36. The largest absolute Gasteiger partial charge is 0.382 e. The summed E-state index contributed by atoms with van der Waals surface area (Å²) in [6.45, 7) is 3.57. The van der Waals surface area contributed by atoms with Crippen molar-refractivity contribution in [1.29, 1.82) is 0 Å². The Morgan fingerprint density at radius 1 is 1.00 bits per heavy atom. The summed E-state index contributed by atoms with van der Waals surface area (Å²) in [6.07, 6.45) is 0. The molecule has 0 heterocycles. The van der Waals surface area contributed by atoms with Crippen LogP contribution in [0, 0.1) is 0 Å². The fourth-order valence-corrected chi connectivity index (χ4v) is 2.36. The number of benzene rings is 2. The van der Waals surface area contributed by atoms with Gasteiger partial charge in [0.15, 0.2) is 0 Å². The summed E-state index contributed by atoms with van der Waals surface area (Å²) in [5.74, 6) is 0. The lowest BCUT2D eigenvalue weighted by Gasteiger charge is -2.34. The van der Waals surface area contributed by atoms with Gasteiger partial charge in [-0.1, -0.05) is 48.5 Å². The molecule has 2 rings (SSSR count). The average Bonchev–Trinajstić information content (AvgIpc) is 2.54. The van der Waals surface area contributed by atoms with Crippen LogP contribution < -0.4 is 10.6 Å². The molecule has 2 aromatic carbocycles. The van der Waals surface area contributed by atoms with Crippen molar-refractivity contribution in [2.45, 2.75) is 12.5 Å². The molecular weight excluding hydrogens is 248 g/mol. The number of nitrogens with two attached hydrogens (primary N) is 1. The second-order valence-corrected chi connectivity index (χ2v) is 4.95. The van der Waals surface area contributed by atoms with E-state index in [0.29, 0.717) is 6.54 Å². The Labute approximate surface area is 120 Å². The molecule has 20 heavy (non-hydrogen) atoms. The number of rotatable bonds is 6. The van der Waals surface area contributed by atoms with E-state index >= 15 is 0 Å². The van der Waals surface area contributed by atoms with Crippen LogP contribution in [0.2, 0.25) is 0 Å². The maximum Gasteiger partial charge on any atom is 0.119 e. The van der Waals surface area contributed by atoms with Gasteiger partial charge in [-0.3, -0.25) is 0 Å². The lowest BCUT2D eigenvalue weighted by molar-refractivity contribution is 0.0533. The van der Waals surface area contributed by atoms with Crippen molar-refractivity contribution in [3.63, 3.8) is 0 Å². The Kier molecular flexibility index (Phi) is 4.77. The Balaban J connectivity index is 2.24. The van der Waals surface area contributed by atoms with Crippen LogP contribution in [0.5, 0.6) is 0 Å². The van der Waals surface area contributed by atoms with Crippen LogP contribution in [-0.4, -0.2) is 24.7 Å². The van der Waals surface area contributed by atoms with E-state index in [0.717, 1.165) is 17.8 Å². The van der Waals surface area contributed by atoms with Gasteiger partial charge in [-0.25, -0.2) is 0 Å². The smallest absolute Gasteiger partial charge is 0.119 e. The number of aliphatic hydroxyl groups is 1. The summed E-state index contributed by atoms with van der Waals surface area (Å²) in [5, 5.41) is 10.9. The number of hydrogen-bond donors (Lipinski definition) is 2. The van der Waals surface area contributed by atoms with Crippen LogP contribution in [0.3, 0.4) is 0 Å². The third kappa shape index (κ3) is 3.18. The van der Waals surface area contributed by atoms with E-state index < -0.39 is 5.60 Å². The minimum Gasteiger partial charge on any atom is -0.382 e. The topological polar surface area (TPSA) is 49.5 Å². The zero-order valence-corrected chi connectivity index (χ0v) is 11.9. The molecule has 0 amide bonds. The molecule has 0 spiro atoms. The monoisotopic (exact) mass is 270 g/mol. The number of likely N-dealkylation sites (N-methyl/N-ethyl adjacent to an activating group) is 1. The Morgan fingerprint density at radius 2 is 1.55 bits per heavy atom. The Morgan fingerprint density at radius 3 is 2.05 bits per heavy atom. The van der Waals surface area contributed by atoms with Gasteiger partial charge >= 0.3 is 0 Å². The Hall–Kier alpha value is -1.84. The van der Waals surface area contributed by atoms with Gasteiger partial charge in [-0.15, -0.1) is 0 Å². The molecule has 0 aliphatic heterocycles. The number of para-hydroxylation sites is 1. The van der Waals surface area contributed by atoms with E-state index in [4.69, 9.17) is 5.73 Å². The van der Waals surface area contributed by atoms with Crippen LogP contribution in [0.4, 0.5) is 5.69 Å². The fraction of sp³-hybridized carbons (Fsp3) is 0.294. The molecule has 0 aliphatic carbocycles. The van der Waals surface area contributed by atoms with Crippen molar-refractivity contribution in [3.8, 4) is 0 Å². The molecule has 106 valence electrons. The van der Waals surface area contributed by atoms with Gasteiger partial charge in [0.05, 0.1) is 6.54 Å². The summed E-state index contributed by atoms with van der Waals surface area (Å²) in [7, 11) is 0. The minimum atomic E-state index is -1.03. The first-order chi connectivity index (χ1) is 9.69. The van der Waals surface area contributed by atoms with Gasteiger partial charge in [0.1, 0.15) is 5.60 Å². The first kappa shape index (κ1) is 14.6. The van der Waals surface area contributed by atoms with Crippen molar-refractivity contribution >= 4 is 5.69 Å². The van der Waals surface area contributed by atoms with E-state index in [2.05, 4.69) is 11.8 Å². The highest BCUT2D eigenvalue weighted by Crippen LogP contribution is 2.24. The maximum absolute atomic E-state index is 10.9. The molecule has 3 nitrogen and oxygen atoms in total. The van der Waals surface area contributed by atoms with E-state index in [-0.39, 0.29) is 6.54 Å². The second kappa shape index (κ2) is 6.55. The van der Waals surface area contributed by atoms with Crippen LogP contribution in [0.1, 0.15) is 12.5 Å². The first-order valence-electron chi connectivity index (χ1n) is 6.97. The zero-order chi connectivity index (χ0) is 14.4. The van der Waals surface area contributed by atoms with Gasteiger partial charge in [0, 0.05) is 18.8 Å². The second-order valence-electron chi connectivity index (χ2n) is 4.95. The number of nitrogens with zero attached hydrogens (tertiary/aromatic N) is 1. The number of hydrogen-bond acceptors (Lipinski definition) is 3. The third-order valence-corrected chi connectivity index (χ3v) is 3.60. The normalized spacial score (nSPS) is 13.8. The molecule has 0 saturated carbocycles. The van der Waals surface area contributed by atoms with Crippen LogP contribution >= 0.6 is 0 Å². The molecule has 1 unspecified atom stereocenters. The molecule has 0 fully saturated rings. The molecule has 0 aromatic heterocycles. The lowest BCUT2D eigenvalue weighted by Crippen LogP contribution is -2.46. The standard InChI is InChI=1S/C17H22N2O/c1-2-19(16-11-7-4-8-12-16)14-17(20,13-18)15-9-5-3-6-10-15/h3-12,20H,2,13-14,18H2,1H3. The van der Waals surface area contributed by atoms with Crippen molar-refractivity contribution in [1.82, 2.24) is 0 Å². The number of anilines is 1. The van der Waals surface area contributed by atoms with Crippen molar-refractivity contribution in [2.75, 3.05) is 24.5 Å². The van der Waals surface area contributed by atoms with Gasteiger partial charge < -0.3 is 15.7 Å². The predicted molar refractivity (Wildman–Crippen MR) is 83.7 cm³/mol. The van der Waals surface area contributed by atoms with Gasteiger partial charge in [0.25, 0.3) is 0 Å². The van der Waals surface area contributed by atoms with Crippen LogP contribution in [0.15, 0.2) is 60.7 Å². The zero-order valence-electron chi connectivity index (χ0n) is 11.9. The quantitative estimate of drug-likeness (QED) is 0.847. The van der Waals surface area contributed by atoms with Crippen molar-refractivity contribution in [3.05, 3.63) is 66.2 Å². The SMILES string of the molecule is CCN(CC(O)(CN)c1ccccc1)c1ccccc1. The highest BCUT2D eigenvalue weighted by molar-refractivity contribution is 5.46. The highest BCUT2D eigenvalue weighted by Gasteiger charge is 2.29.